The first-order valence-corrected chi connectivity index (χ1v) is 6.30. The fourth-order valence-corrected chi connectivity index (χ4v) is 2.25. The van der Waals surface area contributed by atoms with Crippen LogP contribution >= 0.6 is 0 Å². The van der Waals surface area contributed by atoms with Crippen molar-refractivity contribution < 1.29 is 9.72 Å². The van der Waals surface area contributed by atoms with Gasteiger partial charge in [-0.3, -0.25) is 14.9 Å². The van der Waals surface area contributed by atoms with Crippen molar-refractivity contribution in [1.82, 2.24) is 0 Å². The number of hydrogen-bond donors (Lipinski definition) is 0. The summed E-state index contributed by atoms with van der Waals surface area (Å²) < 4.78 is 0. The van der Waals surface area contributed by atoms with E-state index in [4.69, 9.17) is 0 Å². The largest absolute Gasteiger partial charge is 0.299 e. The highest BCUT2D eigenvalue weighted by atomic mass is 16.6. The van der Waals surface area contributed by atoms with E-state index in [0.717, 1.165) is 18.4 Å². The summed E-state index contributed by atoms with van der Waals surface area (Å²) in [5.74, 6) is -0.141. The van der Waals surface area contributed by atoms with Gasteiger partial charge in [0.15, 0.2) is 0 Å². The van der Waals surface area contributed by atoms with Crippen LogP contribution in [0.3, 0.4) is 0 Å². The van der Waals surface area contributed by atoms with Gasteiger partial charge in [-0.2, -0.15) is 0 Å². The van der Waals surface area contributed by atoms with E-state index in [2.05, 4.69) is 0 Å². The van der Waals surface area contributed by atoms with Gasteiger partial charge in [0.25, 0.3) is 0 Å². The summed E-state index contributed by atoms with van der Waals surface area (Å²) in [6.45, 7) is 1.52. The summed E-state index contributed by atoms with van der Waals surface area (Å²) in [5, 5.41) is 11.0. The summed E-state index contributed by atoms with van der Waals surface area (Å²) in [5.41, 5.74) is 0.757. The molecule has 1 aromatic rings. The van der Waals surface area contributed by atoms with Crippen molar-refractivity contribution in [2.45, 2.75) is 38.1 Å². The molecule has 0 N–H and O–H groups in total. The van der Waals surface area contributed by atoms with Crippen LogP contribution in [0.2, 0.25) is 0 Å². The van der Waals surface area contributed by atoms with Crippen molar-refractivity contribution in [3.05, 3.63) is 46.0 Å². The maximum absolute atomic E-state index is 12.2. The van der Waals surface area contributed by atoms with E-state index in [0.29, 0.717) is 12.3 Å². The molecular weight excluding hydrogens is 230 g/mol. The van der Waals surface area contributed by atoms with E-state index in [9.17, 15) is 14.9 Å². The Labute approximate surface area is 106 Å². The standard InChI is InChI=1S/C14H17NO3/c1-10(15(17)18)14(12-5-3-2-4-6-12)13(16)9-11-7-8-11/h2-6,10-11,14H,7-9H2,1H3. The summed E-state index contributed by atoms with van der Waals surface area (Å²) in [6.07, 6.45) is 2.65. The number of carbonyl (C=O) groups is 1. The number of Topliss-reactive ketones (excluding diaryl/α,β-unsaturated/α-hetero) is 1. The predicted molar refractivity (Wildman–Crippen MR) is 68.0 cm³/mol. The Hall–Kier alpha value is -1.71. The second-order valence-electron chi connectivity index (χ2n) is 5.03. The highest BCUT2D eigenvalue weighted by molar-refractivity contribution is 5.86. The van der Waals surface area contributed by atoms with Gasteiger partial charge in [0, 0.05) is 18.3 Å². The molecule has 0 spiro atoms. The Balaban J connectivity index is 2.21. The molecule has 0 saturated heterocycles. The molecular formula is C14H17NO3. The minimum absolute atomic E-state index is 0.00731. The van der Waals surface area contributed by atoms with Crippen molar-refractivity contribution in [2.24, 2.45) is 5.92 Å². The molecule has 18 heavy (non-hydrogen) atoms. The van der Waals surface area contributed by atoms with Crippen molar-refractivity contribution >= 4 is 5.78 Å². The lowest BCUT2D eigenvalue weighted by atomic mass is 9.86. The maximum atomic E-state index is 12.2. The molecule has 96 valence electrons. The van der Waals surface area contributed by atoms with Crippen LogP contribution in [0, 0.1) is 16.0 Å². The van der Waals surface area contributed by atoms with Crippen molar-refractivity contribution in [2.75, 3.05) is 0 Å². The third-order valence-electron chi connectivity index (χ3n) is 3.51. The van der Waals surface area contributed by atoms with Crippen LogP contribution in [0.15, 0.2) is 30.3 Å². The molecule has 2 atom stereocenters. The third-order valence-corrected chi connectivity index (χ3v) is 3.51. The lowest BCUT2D eigenvalue weighted by Gasteiger charge is -2.17. The zero-order valence-corrected chi connectivity index (χ0v) is 10.4. The minimum Gasteiger partial charge on any atom is -0.299 e. The maximum Gasteiger partial charge on any atom is 0.224 e. The molecule has 1 aromatic carbocycles. The van der Waals surface area contributed by atoms with Crippen LogP contribution in [0.1, 0.15) is 37.7 Å². The number of carbonyl (C=O) groups excluding carboxylic acids is 1. The normalized spacial score (nSPS) is 18.1. The predicted octanol–water partition coefficient (Wildman–Crippen LogP) is 2.80. The molecule has 1 aliphatic rings. The zero-order chi connectivity index (χ0) is 13.1. The van der Waals surface area contributed by atoms with E-state index in [1.54, 1.807) is 12.1 Å². The summed E-state index contributed by atoms with van der Waals surface area (Å²) in [6, 6.07) is 8.23. The highest BCUT2D eigenvalue weighted by Gasteiger charge is 2.37. The van der Waals surface area contributed by atoms with E-state index in [1.807, 2.05) is 18.2 Å². The molecule has 0 bridgehead atoms. The molecule has 1 saturated carbocycles. The molecule has 4 heteroatoms. The van der Waals surface area contributed by atoms with Crippen molar-refractivity contribution in [3.63, 3.8) is 0 Å². The number of hydrogen-bond acceptors (Lipinski definition) is 3. The molecule has 1 fully saturated rings. The molecule has 1 aliphatic carbocycles. The SMILES string of the molecule is CC(C(C(=O)CC1CC1)c1ccccc1)[N+](=O)[O-]. The highest BCUT2D eigenvalue weighted by Crippen LogP contribution is 2.36. The number of nitrogens with zero attached hydrogens (tertiary/aromatic N) is 1. The Kier molecular flexibility index (Phi) is 3.75. The van der Waals surface area contributed by atoms with Crippen LogP contribution in [0.25, 0.3) is 0 Å². The number of rotatable bonds is 6. The first kappa shape index (κ1) is 12.7. The van der Waals surface area contributed by atoms with Crippen LogP contribution in [-0.4, -0.2) is 16.7 Å². The van der Waals surface area contributed by atoms with Crippen LogP contribution in [0.5, 0.6) is 0 Å². The van der Waals surface area contributed by atoms with E-state index >= 15 is 0 Å². The lowest BCUT2D eigenvalue weighted by Crippen LogP contribution is -2.30. The second kappa shape index (κ2) is 5.29. The van der Waals surface area contributed by atoms with Gasteiger partial charge < -0.3 is 0 Å². The average molecular weight is 247 g/mol. The minimum atomic E-state index is -0.862. The van der Waals surface area contributed by atoms with Gasteiger partial charge in [-0.05, 0) is 24.3 Å². The number of ketones is 1. The van der Waals surface area contributed by atoms with E-state index in [1.165, 1.54) is 6.92 Å². The lowest BCUT2D eigenvalue weighted by molar-refractivity contribution is -0.519. The Morgan fingerprint density at radius 2 is 2.00 bits per heavy atom. The molecule has 0 amide bonds. The number of benzene rings is 1. The molecule has 2 rings (SSSR count). The topological polar surface area (TPSA) is 60.2 Å². The van der Waals surface area contributed by atoms with E-state index in [-0.39, 0.29) is 10.7 Å². The average Bonchev–Trinajstić information content (AvgIpc) is 3.14. The number of nitro groups is 1. The van der Waals surface area contributed by atoms with Gasteiger partial charge in [-0.25, -0.2) is 0 Å². The second-order valence-corrected chi connectivity index (χ2v) is 5.03. The first-order chi connectivity index (χ1) is 8.59. The fraction of sp³-hybridized carbons (Fsp3) is 0.500. The van der Waals surface area contributed by atoms with Gasteiger partial charge in [0.05, 0.1) is 0 Å². The van der Waals surface area contributed by atoms with Crippen LogP contribution in [-0.2, 0) is 4.79 Å². The third kappa shape index (κ3) is 2.94. The Bertz CT molecular complexity index is 440. The van der Waals surface area contributed by atoms with Crippen LogP contribution < -0.4 is 0 Å². The van der Waals surface area contributed by atoms with Gasteiger partial charge in [-0.15, -0.1) is 0 Å². The van der Waals surface area contributed by atoms with Crippen LogP contribution in [0.4, 0.5) is 0 Å². The molecule has 0 aromatic heterocycles. The summed E-state index contributed by atoms with van der Waals surface area (Å²) in [7, 11) is 0. The summed E-state index contributed by atoms with van der Waals surface area (Å²) in [4.78, 5) is 22.9. The van der Waals surface area contributed by atoms with Gasteiger partial charge >= 0.3 is 0 Å². The van der Waals surface area contributed by atoms with Gasteiger partial charge in [0.1, 0.15) is 11.7 Å². The van der Waals surface area contributed by atoms with E-state index < -0.39 is 12.0 Å². The fourth-order valence-electron chi connectivity index (χ4n) is 2.25. The molecule has 0 radical (unpaired) electrons. The quantitative estimate of drug-likeness (QED) is 0.573. The Morgan fingerprint density at radius 1 is 1.39 bits per heavy atom. The molecule has 0 aliphatic heterocycles. The molecule has 4 nitrogen and oxygen atoms in total. The Morgan fingerprint density at radius 3 is 2.50 bits per heavy atom. The first-order valence-electron chi connectivity index (χ1n) is 6.30. The molecule has 2 unspecified atom stereocenters. The zero-order valence-electron chi connectivity index (χ0n) is 10.4. The summed E-state index contributed by atoms with van der Waals surface area (Å²) >= 11 is 0. The monoisotopic (exact) mass is 247 g/mol. The van der Waals surface area contributed by atoms with Crippen molar-refractivity contribution in [3.8, 4) is 0 Å². The van der Waals surface area contributed by atoms with Gasteiger partial charge in [-0.1, -0.05) is 30.3 Å². The van der Waals surface area contributed by atoms with Gasteiger partial charge in [0.2, 0.25) is 6.04 Å². The van der Waals surface area contributed by atoms with Crippen molar-refractivity contribution in [1.29, 1.82) is 0 Å². The smallest absolute Gasteiger partial charge is 0.224 e. The molecule has 0 heterocycles.